The van der Waals surface area contributed by atoms with Crippen LogP contribution in [0.1, 0.15) is 13.8 Å². The van der Waals surface area contributed by atoms with Crippen molar-refractivity contribution in [3.05, 3.63) is 19.1 Å². The molecule has 0 aromatic carbocycles. The summed E-state index contributed by atoms with van der Waals surface area (Å²) in [5.41, 5.74) is 1.04. The smallest absolute Gasteiger partial charge is 0.0675 e. The van der Waals surface area contributed by atoms with Crippen molar-refractivity contribution in [2.45, 2.75) is 20.0 Å². The molecule has 0 amide bonds. The van der Waals surface area contributed by atoms with Gasteiger partial charge >= 0.3 is 0 Å². The molecule has 0 bridgehead atoms. The third-order valence-electron chi connectivity index (χ3n) is 0.614. The molecule has 0 aromatic heterocycles. The number of hydrogen-bond acceptors (Lipinski definition) is 1. The highest BCUT2D eigenvalue weighted by atomic mass is 16.5. The lowest BCUT2D eigenvalue weighted by Gasteiger charge is -2.04. The van der Waals surface area contributed by atoms with E-state index in [9.17, 15) is 0 Å². The number of rotatable bonds is 3. The fourth-order valence-corrected chi connectivity index (χ4v) is 0.285. The van der Waals surface area contributed by atoms with E-state index < -0.39 is 0 Å². The van der Waals surface area contributed by atoms with Crippen LogP contribution in [0.25, 0.3) is 0 Å². The zero-order chi connectivity index (χ0) is 6.57. The molecule has 0 fully saturated rings. The van der Waals surface area contributed by atoms with Gasteiger partial charge in [0.1, 0.15) is 0 Å². The Morgan fingerprint density at radius 1 is 1.75 bits per heavy atom. The predicted molar refractivity (Wildman–Crippen MR) is 35.6 cm³/mol. The van der Waals surface area contributed by atoms with Crippen molar-refractivity contribution in [1.82, 2.24) is 0 Å². The van der Waals surface area contributed by atoms with E-state index in [0.29, 0.717) is 6.61 Å². The van der Waals surface area contributed by atoms with Gasteiger partial charge in [-0.2, -0.15) is 0 Å². The van der Waals surface area contributed by atoms with Crippen LogP contribution in [0.4, 0.5) is 0 Å². The van der Waals surface area contributed by atoms with Crippen molar-refractivity contribution in [3.8, 4) is 0 Å². The third kappa shape index (κ3) is 5.70. The molecule has 0 spiro atoms. The summed E-state index contributed by atoms with van der Waals surface area (Å²) >= 11 is 0. The van der Waals surface area contributed by atoms with Crippen molar-refractivity contribution in [2.75, 3.05) is 6.61 Å². The molecule has 8 heavy (non-hydrogen) atoms. The maximum atomic E-state index is 5.09. The summed E-state index contributed by atoms with van der Waals surface area (Å²) in [5, 5.41) is 0. The first-order chi connectivity index (χ1) is 3.63. The predicted octanol–water partition coefficient (Wildman–Crippen LogP) is 1.80. The van der Waals surface area contributed by atoms with Gasteiger partial charge in [0.15, 0.2) is 0 Å². The highest BCUT2D eigenvalue weighted by Gasteiger charge is 1.90. The van der Waals surface area contributed by atoms with Crippen LogP contribution < -0.4 is 0 Å². The first-order valence-corrected chi connectivity index (χ1v) is 2.72. The molecule has 47 valence electrons. The molecule has 0 N–H and O–H groups in total. The topological polar surface area (TPSA) is 9.23 Å². The van der Waals surface area contributed by atoms with Crippen LogP contribution in [0.3, 0.4) is 0 Å². The first-order valence-electron chi connectivity index (χ1n) is 2.72. The van der Waals surface area contributed by atoms with E-state index in [2.05, 4.69) is 13.5 Å². The van der Waals surface area contributed by atoms with E-state index in [1.165, 1.54) is 0 Å². The van der Waals surface area contributed by atoms with Gasteiger partial charge in [-0.1, -0.05) is 12.2 Å². The minimum absolute atomic E-state index is 0.0756. The van der Waals surface area contributed by atoms with E-state index in [1.807, 2.05) is 13.8 Å². The van der Waals surface area contributed by atoms with Gasteiger partial charge < -0.3 is 4.74 Å². The number of ether oxygens (including phenoxy) is 1. The molecule has 0 rings (SSSR count). The van der Waals surface area contributed by atoms with Crippen LogP contribution in [0.5, 0.6) is 0 Å². The maximum Gasteiger partial charge on any atom is 0.0675 e. The van der Waals surface area contributed by atoms with Crippen molar-refractivity contribution in [3.63, 3.8) is 0 Å². The third-order valence-corrected chi connectivity index (χ3v) is 0.614. The summed E-state index contributed by atoms with van der Waals surface area (Å²) in [7, 11) is 0. The van der Waals surface area contributed by atoms with Gasteiger partial charge in [-0.25, -0.2) is 0 Å². The van der Waals surface area contributed by atoms with E-state index in [-0.39, 0.29) is 6.10 Å². The molecular weight excluding hydrogens is 100 g/mol. The lowest BCUT2D eigenvalue weighted by atomic mass is 10.4. The summed E-state index contributed by atoms with van der Waals surface area (Å²) in [6.07, 6.45) is 0.0756. The fourth-order valence-electron chi connectivity index (χ4n) is 0.285. The second-order valence-electron chi connectivity index (χ2n) is 2.08. The summed E-state index contributed by atoms with van der Waals surface area (Å²) in [6.45, 7) is 11.8. The summed E-state index contributed by atoms with van der Waals surface area (Å²) in [6, 6.07) is 0. The molecule has 0 aliphatic heterocycles. The molecule has 1 atom stereocenters. The van der Waals surface area contributed by atoms with Crippen LogP contribution in [0, 0.1) is 6.92 Å². The van der Waals surface area contributed by atoms with Crippen molar-refractivity contribution in [1.29, 1.82) is 0 Å². The molecule has 0 aliphatic rings. The summed E-state index contributed by atoms with van der Waals surface area (Å²) in [4.78, 5) is 0. The summed E-state index contributed by atoms with van der Waals surface area (Å²) in [5.74, 6) is 0. The molecule has 0 saturated heterocycles. The molecule has 0 saturated carbocycles. The maximum absolute atomic E-state index is 5.09. The second-order valence-corrected chi connectivity index (χ2v) is 2.08. The Bertz CT molecular complexity index is 74.5. The molecule has 1 radical (unpaired) electrons. The lowest BCUT2D eigenvalue weighted by molar-refractivity contribution is 0.116. The van der Waals surface area contributed by atoms with Gasteiger partial charge in [0.2, 0.25) is 0 Å². The number of hydrogen-bond donors (Lipinski definition) is 0. The Kier molecular flexibility index (Phi) is 3.53. The Hall–Kier alpha value is -0.300. The molecule has 0 heterocycles. The van der Waals surface area contributed by atoms with Crippen molar-refractivity contribution >= 4 is 0 Å². The average molecular weight is 113 g/mol. The highest BCUT2D eigenvalue weighted by Crippen LogP contribution is 1.92. The van der Waals surface area contributed by atoms with E-state index in [0.717, 1.165) is 5.57 Å². The van der Waals surface area contributed by atoms with E-state index in [1.54, 1.807) is 0 Å². The highest BCUT2D eigenvalue weighted by molar-refractivity contribution is 4.87. The molecular formula is C7H13O. The largest absolute Gasteiger partial charge is 0.374 e. The van der Waals surface area contributed by atoms with E-state index in [4.69, 9.17) is 4.74 Å². The monoisotopic (exact) mass is 113 g/mol. The SMILES string of the molecule is [CH2]C(C)OCC(=C)C. The minimum atomic E-state index is 0.0756. The average Bonchev–Trinajstić information content (AvgIpc) is 1.61. The molecule has 0 aliphatic carbocycles. The van der Waals surface area contributed by atoms with Crippen LogP contribution in [0.2, 0.25) is 0 Å². The zero-order valence-electron chi connectivity index (χ0n) is 5.61. The zero-order valence-corrected chi connectivity index (χ0v) is 5.61. The van der Waals surface area contributed by atoms with Gasteiger partial charge in [-0.3, -0.25) is 0 Å². The molecule has 1 heteroatoms. The van der Waals surface area contributed by atoms with E-state index >= 15 is 0 Å². The molecule has 0 aromatic rings. The van der Waals surface area contributed by atoms with Crippen molar-refractivity contribution in [2.24, 2.45) is 0 Å². The Balaban J connectivity index is 3.05. The van der Waals surface area contributed by atoms with Gasteiger partial charge in [-0.05, 0) is 20.8 Å². The van der Waals surface area contributed by atoms with Crippen LogP contribution in [-0.2, 0) is 4.74 Å². The lowest BCUT2D eigenvalue weighted by Crippen LogP contribution is -2.04. The Labute approximate surface area is 51.4 Å². The fraction of sp³-hybridized carbons (Fsp3) is 0.571. The first kappa shape index (κ1) is 7.70. The quantitative estimate of drug-likeness (QED) is 0.507. The Morgan fingerprint density at radius 3 is 2.38 bits per heavy atom. The van der Waals surface area contributed by atoms with Gasteiger partial charge in [0.05, 0.1) is 12.7 Å². The summed E-state index contributed by atoms with van der Waals surface area (Å²) < 4.78 is 5.09. The van der Waals surface area contributed by atoms with Crippen LogP contribution >= 0.6 is 0 Å². The van der Waals surface area contributed by atoms with Crippen LogP contribution in [-0.4, -0.2) is 12.7 Å². The Morgan fingerprint density at radius 2 is 2.25 bits per heavy atom. The van der Waals surface area contributed by atoms with Gasteiger partial charge in [0.25, 0.3) is 0 Å². The van der Waals surface area contributed by atoms with Crippen LogP contribution in [0.15, 0.2) is 12.2 Å². The van der Waals surface area contributed by atoms with Crippen molar-refractivity contribution < 1.29 is 4.74 Å². The second kappa shape index (κ2) is 3.67. The standard InChI is InChI=1S/C7H13O/c1-6(2)5-8-7(3)4/h7H,1,3,5H2,2,4H3. The van der Waals surface area contributed by atoms with Gasteiger partial charge in [-0.15, -0.1) is 0 Å². The molecule has 1 nitrogen and oxygen atoms in total. The normalized spacial score (nSPS) is 10.0. The molecule has 1 unspecified atom stereocenters. The minimum Gasteiger partial charge on any atom is -0.374 e. The van der Waals surface area contributed by atoms with Gasteiger partial charge in [0, 0.05) is 0 Å².